The fourth-order valence-corrected chi connectivity index (χ4v) is 3.79. The second-order valence-corrected chi connectivity index (χ2v) is 7.26. The molecular weight excluding hydrogens is 336 g/mol. The van der Waals surface area contributed by atoms with Gasteiger partial charge in [-0.3, -0.25) is 10.1 Å². The number of fused-ring (bicyclic) bond motifs is 2. The van der Waals surface area contributed by atoms with E-state index in [4.69, 9.17) is 20.1 Å². The fourth-order valence-electron chi connectivity index (χ4n) is 3.79. The molecule has 1 aliphatic heterocycles. The lowest BCUT2D eigenvalue weighted by Crippen LogP contribution is -2.29. The molecule has 3 unspecified atom stereocenters. The van der Waals surface area contributed by atoms with Gasteiger partial charge in [0.15, 0.2) is 0 Å². The Bertz CT molecular complexity index is 475. The van der Waals surface area contributed by atoms with Gasteiger partial charge in [-0.1, -0.05) is 50.5 Å². The van der Waals surface area contributed by atoms with Crippen LogP contribution in [0.3, 0.4) is 0 Å². The quantitative estimate of drug-likeness (QED) is 0.215. The third-order valence-electron chi connectivity index (χ3n) is 5.28. The Kier molecular flexibility index (Phi) is 9.32. The third-order valence-corrected chi connectivity index (χ3v) is 5.28. The van der Waals surface area contributed by atoms with Crippen molar-refractivity contribution < 1.29 is 29.8 Å². The Balaban J connectivity index is 1.82. The number of allylic oxidation sites excluding steroid dienone is 2. The predicted molar refractivity (Wildman–Crippen MR) is 97.4 cm³/mol. The van der Waals surface area contributed by atoms with Gasteiger partial charge in [0.1, 0.15) is 12.2 Å². The maximum atomic E-state index is 10.5. The minimum absolute atomic E-state index is 0.0663. The van der Waals surface area contributed by atoms with Crippen molar-refractivity contribution in [2.45, 2.75) is 83.0 Å². The zero-order valence-electron chi connectivity index (χ0n) is 15.6. The molecule has 0 radical (unpaired) electrons. The molecule has 0 amide bonds. The maximum Gasteiger partial charge on any atom is 0.303 e. The van der Waals surface area contributed by atoms with E-state index in [0.717, 1.165) is 44.9 Å². The monoisotopic (exact) mass is 368 g/mol. The van der Waals surface area contributed by atoms with Gasteiger partial charge in [-0.15, -0.1) is 0 Å². The van der Waals surface area contributed by atoms with Gasteiger partial charge in [0.05, 0.1) is 6.10 Å². The summed E-state index contributed by atoms with van der Waals surface area (Å²) in [6, 6.07) is 0. The van der Waals surface area contributed by atoms with Crippen LogP contribution in [0.1, 0.15) is 64.7 Å². The molecule has 0 aromatic carbocycles. The lowest BCUT2D eigenvalue weighted by molar-refractivity contribution is -0.336. The highest BCUT2D eigenvalue weighted by molar-refractivity contribution is 5.66. The van der Waals surface area contributed by atoms with Crippen LogP contribution < -0.4 is 0 Å². The molecule has 148 valence electrons. The standard InChI is InChI=1S/C20H32O6/c1-2-3-6-9-15(24-23)12-13-17-16(18-14-19(17)26-25-18)10-7-4-5-8-11-20(21)22/h4,7,12-13,15-19,23H,2-3,5-6,8-11,14H2,1H3,(H,21,22)/b7-4-,13-12+/t15-,16?,17-,18?,19?/m0/s1. The van der Waals surface area contributed by atoms with E-state index in [-0.39, 0.29) is 30.7 Å². The van der Waals surface area contributed by atoms with Crippen LogP contribution in [0.25, 0.3) is 0 Å². The van der Waals surface area contributed by atoms with Crippen LogP contribution in [0, 0.1) is 11.8 Å². The third kappa shape index (κ3) is 6.50. The predicted octanol–water partition coefficient (Wildman–Crippen LogP) is 4.52. The normalized spacial score (nSPS) is 29.2. The van der Waals surface area contributed by atoms with E-state index in [9.17, 15) is 4.79 Å². The Morgan fingerprint density at radius 2 is 2.04 bits per heavy atom. The number of carboxylic acids is 1. The molecule has 1 saturated carbocycles. The first-order chi connectivity index (χ1) is 12.7. The number of hydrogen-bond donors (Lipinski definition) is 2. The van der Waals surface area contributed by atoms with E-state index >= 15 is 0 Å². The van der Waals surface area contributed by atoms with Gasteiger partial charge < -0.3 is 5.11 Å². The summed E-state index contributed by atoms with van der Waals surface area (Å²) in [6.07, 6.45) is 15.7. The van der Waals surface area contributed by atoms with Gasteiger partial charge in [-0.2, -0.15) is 0 Å². The maximum absolute atomic E-state index is 10.5. The van der Waals surface area contributed by atoms with Gasteiger partial charge in [-0.25, -0.2) is 14.7 Å². The topological polar surface area (TPSA) is 85.2 Å². The highest BCUT2D eigenvalue weighted by Crippen LogP contribution is 2.44. The molecule has 6 heteroatoms. The molecule has 0 spiro atoms. The van der Waals surface area contributed by atoms with Crippen LogP contribution in [0.2, 0.25) is 0 Å². The summed E-state index contributed by atoms with van der Waals surface area (Å²) in [6.45, 7) is 2.15. The summed E-state index contributed by atoms with van der Waals surface area (Å²) in [5.41, 5.74) is 0. The number of aliphatic carboxylic acids is 1. The summed E-state index contributed by atoms with van der Waals surface area (Å²) >= 11 is 0. The Morgan fingerprint density at radius 1 is 1.23 bits per heavy atom. The van der Waals surface area contributed by atoms with Crippen LogP contribution in [0.5, 0.6) is 0 Å². The summed E-state index contributed by atoms with van der Waals surface area (Å²) in [5, 5.41) is 17.8. The van der Waals surface area contributed by atoms with Crippen molar-refractivity contribution in [1.29, 1.82) is 0 Å². The highest BCUT2D eigenvalue weighted by atomic mass is 17.2. The largest absolute Gasteiger partial charge is 0.481 e. The first kappa shape index (κ1) is 21.1. The van der Waals surface area contributed by atoms with Crippen LogP contribution in [0.15, 0.2) is 24.3 Å². The fraction of sp³-hybridized carbons (Fsp3) is 0.750. The van der Waals surface area contributed by atoms with Gasteiger partial charge in [0.2, 0.25) is 0 Å². The van der Waals surface area contributed by atoms with E-state index in [1.54, 1.807) is 0 Å². The summed E-state index contributed by atoms with van der Waals surface area (Å²) in [7, 11) is 0. The molecular formula is C20H32O6. The van der Waals surface area contributed by atoms with Gasteiger partial charge in [-0.05, 0) is 25.7 Å². The minimum atomic E-state index is -0.748. The lowest BCUT2D eigenvalue weighted by atomic mass is 9.89. The Labute approximate surface area is 155 Å². The van der Waals surface area contributed by atoms with Crippen molar-refractivity contribution >= 4 is 5.97 Å². The van der Waals surface area contributed by atoms with Crippen molar-refractivity contribution in [1.82, 2.24) is 0 Å². The second kappa shape index (κ2) is 11.5. The molecule has 5 atom stereocenters. The van der Waals surface area contributed by atoms with E-state index < -0.39 is 5.97 Å². The smallest absolute Gasteiger partial charge is 0.303 e. The van der Waals surface area contributed by atoms with Crippen molar-refractivity contribution in [2.24, 2.45) is 11.8 Å². The summed E-state index contributed by atoms with van der Waals surface area (Å²) in [5.74, 6) is -0.154. The molecule has 2 bridgehead atoms. The zero-order chi connectivity index (χ0) is 18.8. The average Bonchev–Trinajstić information content (AvgIpc) is 3.22. The van der Waals surface area contributed by atoms with Gasteiger partial charge >= 0.3 is 5.97 Å². The number of rotatable bonds is 13. The van der Waals surface area contributed by atoms with Crippen LogP contribution in [0.4, 0.5) is 0 Å². The SMILES string of the molecule is CCCCC[C@@H](/C=C/[C@@H]1C2CC(OO2)C1C/C=C\CCCC(=O)O)OO. The molecule has 2 fully saturated rings. The van der Waals surface area contributed by atoms with E-state index in [1.807, 2.05) is 6.08 Å². The van der Waals surface area contributed by atoms with E-state index in [0.29, 0.717) is 12.3 Å². The molecule has 1 heterocycles. The Hall–Kier alpha value is -1.21. The van der Waals surface area contributed by atoms with Crippen LogP contribution >= 0.6 is 0 Å². The van der Waals surface area contributed by atoms with Crippen molar-refractivity contribution in [3.05, 3.63) is 24.3 Å². The van der Waals surface area contributed by atoms with Crippen molar-refractivity contribution in [2.75, 3.05) is 0 Å². The number of hydrogen-bond acceptors (Lipinski definition) is 5. The van der Waals surface area contributed by atoms with E-state index in [2.05, 4.69) is 30.0 Å². The molecule has 1 aliphatic carbocycles. The molecule has 2 rings (SSSR count). The summed E-state index contributed by atoms with van der Waals surface area (Å²) < 4.78 is 0. The van der Waals surface area contributed by atoms with Crippen LogP contribution in [-0.4, -0.2) is 34.6 Å². The zero-order valence-corrected chi connectivity index (χ0v) is 15.6. The molecule has 26 heavy (non-hydrogen) atoms. The molecule has 2 aliphatic rings. The number of unbranched alkanes of at least 4 members (excludes halogenated alkanes) is 3. The van der Waals surface area contributed by atoms with Crippen molar-refractivity contribution in [3.63, 3.8) is 0 Å². The number of carbonyl (C=O) groups is 1. The molecule has 1 saturated heterocycles. The first-order valence-corrected chi connectivity index (χ1v) is 9.83. The van der Waals surface area contributed by atoms with E-state index in [1.165, 1.54) is 0 Å². The molecule has 0 aromatic rings. The van der Waals surface area contributed by atoms with Gasteiger partial charge in [0, 0.05) is 24.7 Å². The first-order valence-electron chi connectivity index (χ1n) is 9.83. The average molecular weight is 368 g/mol. The number of carboxylic acid groups (broad SMARTS) is 1. The minimum Gasteiger partial charge on any atom is -0.481 e. The molecule has 6 nitrogen and oxygen atoms in total. The highest BCUT2D eigenvalue weighted by Gasteiger charge is 2.49. The summed E-state index contributed by atoms with van der Waals surface area (Å²) in [4.78, 5) is 25.9. The molecule has 2 N–H and O–H groups in total. The lowest BCUT2D eigenvalue weighted by Gasteiger charge is -2.27. The molecule has 0 aromatic heterocycles. The Morgan fingerprint density at radius 3 is 2.77 bits per heavy atom. The second-order valence-electron chi connectivity index (χ2n) is 7.26. The van der Waals surface area contributed by atoms with Gasteiger partial charge in [0.25, 0.3) is 0 Å². The van der Waals surface area contributed by atoms with Crippen LogP contribution in [-0.2, 0) is 19.5 Å². The van der Waals surface area contributed by atoms with Crippen molar-refractivity contribution in [3.8, 4) is 0 Å².